The summed E-state index contributed by atoms with van der Waals surface area (Å²) >= 11 is 0. The molecule has 0 spiro atoms. The lowest BCUT2D eigenvalue weighted by Gasteiger charge is -2.12. The van der Waals surface area contributed by atoms with E-state index in [-0.39, 0.29) is 12.3 Å². The molecule has 29 heavy (non-hydrogen) atoms. The molecule has 0 saturated carbocycles. The Morgan fingerprint density at radius 1 is 1.10 bits per heavy atom. The van der Waals surface area contributed by atoms with Gasteiger partial charge in [0.05, 0.1) is 6.42 Å². The Morgan fingerprint density at radius 3 is 2.69 bits per heavy atom. The van der Waals surface area contributed by atoms with E-state index in [4.69, 9.17) is 0 Å². The predicted molar refractivity (Wildman–Crippen MR) is 112 cm³/mol. The minimum atomic E-state index is -0.0779. The van der Waals surface area contributed by atoms with Gasteiger partial charge >= 0.3 is 0 Å². The van der Waals surface area contributed by atoms with E-state index in [9.17, 15) is 4.79 Å². The van der Waals surface area contributed by atoms with Crippen molar-refractivity contribution in [3.63, 3.8) is 0 Å². The normalized spacial score (nSPS) is 11.0. The van der Waals surface area contributed by atoms with Gasteiger partial charge in [-0.3, -0.25) is 9.78 Å². The number of hydrogen-bond donors (Lipinski definition) is 1. The van der Waals surface area contributed by atoms with Crippen LogP contribution in [0.4, 0.5) is 5.69 Å². The van der Waals surface area contributed by atoms with Gasteiger partial charge in [-0.15, -0.1) is 5.10 Å². The van der Waals surface area contributed by atoms with Crippen LogP contribution >= 0.6 is 0 Å². The second-order valence-electron chi connectivity index (χ2n) is 6.89. The van der Waals surface area contributed by atoms with Gasteiger partial charge in [-0.1, -0.05) is 25.1 Å². The van der Waals surface area contributed by atoms with E-state index < -0.39 is 0 Å². The number of aryl methyl sites for hydroxylation is 3. The quantitative estimate of drug-likeness (QED) is 0.567. The molecule has 7 heteroatoms. The number of benzene rings is 1. The molecule has 0 atom stereocenters. The minimum Gasteiger partial charge on any atom is -0.326 e. The van der Waals surface area contributed by atoms with Gasteiger partial charge in [0.1, 0.15) is 0 Å². The van der Waals surface area contributed by atoms with Crippen LogP contribution in [0.15, 0.2) is 48.8 Å². The lowest BCUT2D eigenvalue weighted by Crippen LogP contribution is -2.18. The fraction of sp³-hybridized carbons (Fsp3) is 0.227. The van der Waals surface area contributed by atoms with Crippen molar-refractivity contribution in [1.82, 2.24) is 24.6 Å². The van der Waals surface area contributed by atoms with Crippen LogP contribution in [0.5, 0.6) is 0 Å². The molecule has 0 saturated heterocycles. The van der Waals surface area contributed by atoms with Crippen LogP contribution in [-0.2, 0) is 17.6 Å². The smallest absolute Gasteiger partial charge is 0.253 e. The van der Waals surface area contributed by atoms with E-state index in [1.807, 2.05) is 50.2 Å². The summed E-state index contributed by atoms with van der Waals surface area (Å²) in [6.07, 6.45) is 4.51. The Hall–Kier alpha value is -3.61. The van der Waals surface area contributed by atoms with Crippen molar-refractivity contribution in [3.05, 3.63) is 71.3 Å². The lowest BCUT2D eigenvalue weighted by atomic mass is 10.1. The maximum absolute atomic E-state index is 12.7. The highest BCUT2D eigenvalue weighted by molar-refractivity contribution is 5.93. The van der Waals surface area contributed by atoms with Crippen molar-refractivity contribution < 1.29 is 4.79 Å². The number of carbonyl (C=O) groups is 1. The first-order valence-corrected chi connectivity index (χ1v) is 9.57. The van der Waals surface area contributed by atoms with E-state index >= 15 is 0 Å². The van der Waals surface area contributed by atoms with Crippen molar-refractivity contribution in [2.75, 3.05) is 5.32 Å². The van der Waals surface area contributed by atoms with Gasteiger partial charge in [-0.05, 0) is 44.0 Å². The maximum atomic E-state index is 12.7. The molecule has 0 unspecified atom stereocenters. The number of rotatable bonds is 5. The average molecular weight is 386 g/mol. The fourth-order valence-corrected chi connectivity index (χ4v) is 3.39. The second-order valence-corrected chi connectivity index (χ2v) is 6.89. The van der Waals surface area contributed by atoms with Gasteiger partial charge in [0.15, 0.2) is 5.82 Å². The number of anilines is 1. The number of pyridine rings is 1. The summed E-state index contributed by atoms with van der Waals surface area (Å²) in [4.78, 5) is 25.9. The van der Waals surface area contributed by atoms with Crippen molar-refractivity contribution in [2.24, 2.45) is 0 Å². The SMILES string of the molecule is CCc1ccccc1NC(=O)Cc1c(C)nc2nc(-c3cccnc3)nn2c1C. The van der Waals surface area contributed by atoms with Gasteiger partial charge in [0.25, 0.3) is 5.78 Å². The van der Waals surface area contributed by atoms with Crippen molar-refractivity contribution in [3.8, 4) is 11.4 Å². The Kier molecular flexibility index (Phi) is 5.03. The van der Waals surface area contributed by atoms with Crippen molar-refractivity contribution in [2.45, 2.75) is 33.6 Å². The molecule has 4 rings (SSSR count). The number of fused-ring (bicyclic) bond motifs is 1. The van der Waals surface area contributed by atoms with Crippen LogP contribution in [-0.4, -0.2) is 30.5 Å². The number of hydrogen-bond acceptors (Lipinski definition) is 5. The lowest BCUT2D eigenvalue weighted by molar-refractivity contribution is -0.115. The largest absolute Gasteiger partial charge is 0.326 e. The van der Waals surface area contributed by atoms with Crippen LogP contribution in [0.1, 0.15) is 29.4 Å². The molecule has 1 N–H and O–H groups in total. The molecule has 0 bridgehead atoms. The molecule has 0 aliphatic rings. The number of amides is 1. The molecule has 146 valence electrons. The van der Waals surface area contributed by atoms with Crippen LogP contribution in [0, 0.1) is 13.8 Å². The van der Waals surface area contributed by atoms with Gasteiger partial charge in [-0.25, -0.2) is 9.50 Å². The number of nitrogens with zero attached hydrogens (tertiary/aromatic N) is 5. The molecule has 3 aromatic heterocycles. The van der Waals surface area contributed by atoms with E-state index in [2.05, 4.69) is 32.3 Å². The third kappa shape index (κ3) is 3.71. The maximum Gasteiger partial charge on any atom is 0.253 e. The minimum absolute atomic E-state index is 0.0779. The number of nitrogens with one attached hydrogen (secondary N) is 1. The zero-order valence-electron chi connectivity index (χ0n) is 16.7. The highest BCUT2D eigenvalue weighted by Crippen LogP contribution is 2.20. The Balaban J connectivity index is 1.64. The molecule has 0 aliphatic heterocycles. The number of aromatic nitrogens is 5. The average Bonchev–Trinajstić information content (AvgIpc) is 3.16. The highest BCUT2D eigenvalue weighted by Gasteiger charge is 2.17. The first kappa shape index (κ1) is 18.7. The molecule has 0 radical (unpaired) electrons. The van der Waals surface area contributed by atoms with Crippen molar-refractivity contribution >= 4 is 17.4 Å². The molecule has 1 amide bonds. The summed E-state index contributed by atoms with van der Waals surface area (Å²) in [5.41, 5.74) is 5.27. The third-order valence-electron chi connectivity index (χ3n) is 4.98. The summed E-state index contributed by atoms with van der Waals surface area (Å²) in [6, 6.07) is 11.6. The summed E-state index contributed by atoms with van der Waals surface area (Å²) in [6.45, 7) is 5.90. The summed E-state index contributed by atoms with van der Waals surface area (Å²) < 4.78 is 1.69. The molecule has 0 fully saturated rings. The zero-order chi connectivity index (χ0) is 20.4. The van der Waals surface area contributed by atoms with Crippen LogP contribution in [0.25, 0.3) is 17.2 Å². The topological polar surface area (TPSA) is 85.1 Å². The first-order chi connectivity index (χ1) is 14.1. The summed E-state index contributed by atoms with van der Waals surface area (Å²) in [5.74, 6) is 0.997. The van der Waals surface area contributed by atoms with Gasteiger partial charge < -0.3 is 5.32 Å². The van der Waals surface area contributed by atoms with Crippen molar-refractivity contribution in [1.29, 1.82) is 0 Å². The molecular weight excluding hydrogens is 364 g/mol. The Morgan fingerprint density at radius 2 is 1.93 bits per heavy atom. The van der Waals surface area contributed by atoms with Crippen LogP contribution < -0.4 is 5.32 Å². The molecular formula is C22H22N6O. The van der Waals surface area contributed by atoms with E-state index in [1.54, 1.807) is 16.9 Å². The van der Waals surface area contributed by atoms with Gasteiger partial charge in [0, 0.05) is 40.6 Å². The zero-order valence-corrected chi connectivity index (χ0v) is 16.7. The van der Waals surface area contributed by atoms with E-state index in [0.717, 1.165) is 40.2 Å². The number of carbonyl (C=O) groups excluding carboxylic acids is 1. The third-order valence-corrected chi connectivity index (χ3v) is 4.98. The highest BCUT2D eigenvalue weighted by atomic mass is 16.1. The molecule has 3 heterocycles. The van der Waals surface area contributed by atoms with Crippen LogP contribution in [0.3, 0.4) is 0 Å². The standard InChI is InChI=1S/C22H22N6O/c1-4-16-8-5-6-10-19(16)25-20(29)12-18-14(2)24-22-26-21(27-28(22)15(18)3)17-9-7-11-23-13-17/h5-11,13H,4,12H2,1-3H3,(H,25,29). The molecule has 4 aromatic rings. The van der Waals surface area contributed by atoms with Gasteiger partial charge in [0.2, 0.25) is 5.91 Å². The number of para-hydroxylation sites is 1. The molecule has 7 nitrogen and oxygen atoms in total. The van der Waals surface area contributed by atoms with Gasteiger partial charge in [-0.2, -0.15) is 4.98 Å². The molecule has 1 aromatic carbocycles. The van der Waals surface area contributed by atoms with Crippen LogP contribution in [0.2, 0.25) is 0 Å². The summed E-state index contributed by atoms with van der Waals surface area (Å²) in [7, 11) is 0. The predicted octanol–water partition coefficient (Wildman–Crippen LogP) is 3.55. The van der Waals surface area contributed by atoms with E-state index in [0.29, 0.717) is 11.6 Å². The monoisotopic (exact) mass is 386 g/mol. The Bertz CT molecular complexity index is 1180. The van der Waals surface area contributed by atoms with E-state index in [1.165, 1.54) is 0 Å². The Labute approximate surface area is 168 Å². The fourth-order valence-electron chi connectivity index (χ4n) is 3.39. The molecule has 0 aliphatic carbocycles. The summed E-state index contributed by atoms with van der Waals surface area (Å²) in [5, 5.41) is 7.60. The first-order valence-electron chi connectivity index (χ1n) is 9.57. The second kappa shape index (κ2) is 7.79.